The molecule has 9 nitrogen and oxygen atoms in total. The molecule has 0 aromatic heterocycles. The van der Waals surface area contributed by atoms with Crippen LogP contribution in [0.15, 0.2) is 4.99 Å². The summed E-state index contributed by atoms with van der Waals surface area (Å²) in [6.45, 7) is 0.705. The molecule has 0 aliphatic carbocycles. The van der Waals surface area contributed by atoms with E-state index in [0.29, 0.717) is 25.3 Å². The van der Waals surface area contributed by atoms with Gasteiger partial charge in [-0.25, -0.2) is 4.79 Å². The maximum atomic E-state index is 11.7. The van der Waals surface area contributed by atoms with Crippen molar-refractivity contribution in [3.05, 3.63) is 0 Å². The maximum absolute atomic E-state index is 11.7. The number of carboxylic acid groups (broad SMARTS) is 1. The number of guanidine groups is 1. The number of aliphatic carboxylic acids is 1. The van der Waals surface area contributed by atoms with E-state index in [1.54, 1.807) is 14.1 Å². The molecule has 0 saturated heterocycles. The minimum absolute atomic E-state index is 0.0349. The molecule has 0 saturated carbocycles. The summed E-state index contributed by atoms with van der Waals surface area (Å²) in [5, 5.41) is 20.1. The van der Waals surface area contributed by atoms with Gasteiger partial charge in [-0.1, -0.05) is 15.9 Å². The first-order valence-corrected chi connectivity index (χ1v) is 8.30. The molecule has 10 heteroatoms. The highest BCUT2D eigenvalue weighted by Gasteiger charge is 2.19. The largest absolute Gasteiger partial charge is 0.480 e. The van der Waals surface area contributed by atoms with Gasteiger partial charge in [0.1, 0.15) is 6.04 Å². The third-order valence-electron chi connectivity index (χ3n) is 2.85. The molecule has 0 aromatic rings. The fourth-order valence-corrected chi connectivity index (χ4v) is 1.88. The average molecular weight is 394 g/mol. The molecule has 1 atom stereocenters. The van der Waals surface area contributed by atoms with Crippen LogP contribution in [-0.2, 0) is 14.4 Å². The summed E-state index contributed by atoms with van der Waals surface area (Å²) >= 11 is 2.99. The Morgan fingerprint density at radius 1 is 1.17 bits per heavy atom. The number of carboxylic acids is 1. The number of hydrogen-bond donors (Lipinski definition) is 5. The monoisotopic (exact) mass is 393 g/mol. The van der Waals surface area contributed by atoms with Crippen LogP contribution in [0.2, 0.25) is 0 Å². The first-order valence-electron chi connectivity index (χ1n) is 7.17. The molecular formula is C13H24BrN5O4. The highest BCUT2D eigenvalue weighted by atomic mass is 79.9. The van der Waals surface area contributed by atoms with Crippen LogP contribution in [0.1, 0.15) is 19.3 Å². The Kier molecular flexibility index (Phi) is 11.7. The summed E-state index contributed by atoms with van der Waals surface area (Å²) in [5.74, 6) is -1.10. The molecule has 0 bridgehead atoms. The van der Waals surface area contributed by atoms with Crippen LogP contribution in [0.25, 0.3) is 0 Å². The van der Waals surface area contributed by atoms with Crippen molar-refractivity contribution in [2.75, 3.05) is 32.5 Å². The van der Waals surface area contributed by atoms with Gasteiger partial charge in [-0.15, -0.1) is 0 Å². The third kappa shape index (κ3) is 10.5. The van der Waals surface area contributed by atoms with Crippen molar-refractivity contribution in [3.8, 4) is 0 Å². The second-order valence-electron chi connectivity index (χ2n) is 4.58. The number of carbonyl (C=O) groups is 3. The molecule has 132 valence electrons. The first kappa shape index (κ1) is 21.2. The number of carbonyl (C=O) groups excluding carboxylic acids is 2. The Labute approximate surface area is 143 Å². The van der Waals surface area contributed by atoms with E-state index in [1.807, 2.05) is 0 Å². The fraction of sp³-hybridized carbons (Fsp3) is 0.692. The Bertz CT molecular complexity index is 431. The van der Waals surface area contributed by atoms with Crippen molar-refractivity contribution < 1.29 is 19.5 Å². The SMILES string of the molecule is C/N=C(\NC)NCCCC(NC(=O)CCNC(=O)CBr)C(=O)O. The average Bonchev–Trinajstić information content (AvgIpc) is 2.53. The molecule has 0 aliphatic heterocycles. The second-order valence-corrected chi connectivity index (χ2v) is 5.14. The Balaban J connectivity index is 4.09. The third-order valence-corrected chi connectivity index (χ3v) is 3.36. The zero-order valence-electron chi connectivity index (χ0n) is 13.3. The van der Waals surface area contributed by atoms with Gasteiger partial charge in [0.05, 0.1) is 5.33 Å². The topological polar surface area (TPSA) is 132 Å². The van der Waals surface area contributed by atoms with Crippen molar-refractivity contribution in [2.45, 2.75) is 25.3 Å². The number of amides is 2. The molecule has 0 rings (SSSR count). The van der Waals surface area contributed by atoms with Crippen molar-refractivity contribution in [1.29, 1.82) is 0 Å². The molecule has 1 unspecified atom stereocenters. The van der Waals surface area contributed by atoms with Crippen LogP contribution in [0.4, 0.5) is 0 Å². The first-order chi connectivity index (χ1) is 10.9. The van der Waals surface area contributed by atoms with Crippen LogP contribution in [0.3, 0.4) is 0 Å². The number of nitrogens with zero attached hydrogens (tertiary/aromatic N) is 1. The molecule has 0 spiro atoms. The van der Waals surface area contributed by atoms with Crippen LogP contribution in [-0.4, -0.2) is 67.4 Å². The number of halogens is 1. The molecule has 23 heavy (non-hydrogen) atoms. The minimum Gasteiger partial charge on any atom is -0.480 e. The highest BCUT2D eigenvalue weighted by Crippen LogP contribution is 1.98. The lowest BCUT2D eigenvalue weighted by Gasteiger charge is -2.15. The number of alkyl halides is 1. The van der Waals surface area contributed by atoms with Gasteiger partial charge in [-0.2, -0.15) is 0 Å². The van der Waals surface area contributed by atoms with Crippen LogP contribution < -0.4 is 21.3 Å². The fourth-order valence-electron chi connectivity index (χ4n) is 1.68. The van der Waals surface area contributed by atoms with Gasteiger partial charge < -0.3 is 26.4 Å². The molecule has 0 aliphatic rings. The zero-order chi connectivity index (χ0) is 17.7. The van der Waals surface area contributed by atoms with Crippen molar-refractivity contribution in [3.63, 3.8) is 0 Å². The normalized spacial score (nSPS) is 12.2. The zero-order valence-corrected chi connectivity index (χ0v) is 14.9. The lowest BCUT2D eigenvalue weighted by atomic mass is 10.1. The van der Waals surface area contributed by atoms with Crippen molar-refractivity contribution in [1.82, 2.24) is 21.3 Å². The maximum Gasteiger partial charge on any atom is 0.326 e. The highest BCUT2D eigenvalue weighted by molar-refractivity contribution is 9.09. The summed E-state index contributed by atoms with van der Waals surface area (Å²) in [4.78, 5) is 37.8. The van der Waals surface area contributed by atoms with E-state index in [4.69, 9.17) is 5.11 Å². The molecule has 0 radical (unpaired) electrons. The molecule has 0 heterocycles. The summed E-state index contributed by atoms with van der Waals surface area (Å²) in [6, 6.07) is -0.951. The predicted molar refractivity (Wildman–Crippen MR) is 90.6 cm³/mol. The van der Waals surface area contributed by atoms with Gasteiger partial charge in [0, 0.05) is 33.6 Å². The summed E-state index contributed by atoms with van der Waals surface area (Å²) < 4.78 is 0. The van der Waals surface area contributed by atoms with E-state index in [9.17, 15) is 14.4 Å². The van der Waals surface area contributed by atoms with E-state index in [1.165, 1.54) is 0 Å². The number of aliphatic imine (C=N–C) groups is 1. The number of rotatable bonds is 10. The van der Waals surface area contributed by atoms with Crippen LogP contribution in [0, 0.1) is 0 Å². The Morgan fingerprint density at radius 3 is 2.39 bits per heavy atom. The molecule has 5 N–H and O–H groups in total. The van der Waals surface area contributed by atoms with E-state index >= 15 is 0 Å². The van der Waals surface area contributed by atoms with E-state index in [2.05, 4.69) is 42.2 Å². The van der Waals surface area contributed by atoms with Crippen LogP contribution in [0.5, 0.6) is 0 Å². The van der Waals surface area contributed by atoms with Gasteiger partial charge in [0.2, 0.25) is 11.8 Å². The molecule has 0 aromatic carbocycles. The lowest BCUT2D eigenvalue weighted by molar-refractivity contribution is -0.142. The summed E-state index contributed by atoms with van der Waals surface area (Å²) in [5.41, 5.74) is 0. The summed E-state index contributed by atoms with van der Waals surface area (Å²) in [7, 11) is 3.36. The molecule has 2 amide bonds. The Hall–Kier alpha value is -1.84. The molecular weight excluding hydrogens is 370 g/mol. The molecule has 0 fully saturated rings. The van der Waals surface area contributed by atoms with Gasteiger partial charge in [-0.05, 0) is 12.8 Å². The van der Waals surface area contributed by atoms with E-state index in [0.717, 1.165) is 0 Å². The van der Waals surface area contributed by atoms with Gasteiger partial charge >= 0.3 is 5.97 Å². The smallest absolute Gasteiger partial charge is 0.326 e. The predicted octanol–water partition coefficient (Wildman–Crippen LogP) is -0.968. The van der Waals surface area contributed by atoms with Crippen LogP contribution >= 0.6 is 15.9 Å². The van der Waals surface area contributed by atoms with Crippen molar-refractivity contribution >= 4 is 39.7 Å². The lowest BCUT2D eigenvalue weighted by Crippen LogP contribution is -2.42. The number of hydrogen-bond acceptors (Lipinski definition) is 4. The standard InChI is InChI=1S/C13H24BrN5O4/c1-15-13(16-2)18-6-3-4-9(12(22)23)19-10(20)5-7-17-11(21)8-14/h9H,3-8H2,1-2H3,(H,17,21)(H,19,20)(H,22,23)(H2,15,16,18). The van der Waals surface area contributed by atoms with Gasteiger partial charge in [0.25, 0.3) is 0 Å². The van der Waals surface area contributed by atoms with E-state index in [-0.39, 0.29) is 24.2 Å². The second kappa shape index (κ2) is 12.7. The number of nitrogens with one attached hydrogen (secondary N) is 4. The Morgan fingerprint density at radius 2 is 1.87 bits per heavy atom. The van der Waals surface area contributed by atoms with Crippen molar-refractivity contribution in [2.24, 2.45) is 4.99 Å². The van der Waals surface area contributed by atoms with Gasteiger partial charge in [0.15, 0.2) is 5.96 Å². The van der Waals surface area contributed by atoms with E-state index < -0.39 is 17.9 Å². The minimum atomic E-state index is -1.08. The van der Waals surface area contributed by atoms with Gasteiger partial charge in [-0.3, -0.25) is 14.6 Å². The summed E-state index contributed by atoms with van der Waals surface area (Å²) in [6.07, 6.45) is 0.883. The quantitative estimate of drug-likeness (QED) is 0.140.